The third-order valence-corrected chi connectivity index (χ3v) is 6.10. The third kappa shape index (κ3) is 4.68. The first-order valence-electron chi connectivity index (χ1n) is 8.67. The summed E-state index contributed by atoms with van der Waals surface area (Å²) in [5.41, 5.74) is 6.08. The van der Waals surface area contributed by atoms with Crippen LogP contribution in [0, 0.1) is 13.8 Å². The zero-order chi connectivity index (χ0) is 19.4. The SMILES string of the molecule is C/C(=N\Nc1nc(C)cc(C)n1)c1ccc(S(=O)(=O)N2CCOCC2)cc1. The topological polar surface area (TPSA) is 96.8 Å². The largest absolute Gasteiger partial charge is 0.379 e. The lowest BCUT2D eigenvalue weighted by Crippen LogP contribution is -2.40. The van der Waals surface area contributed by atoms with E-state index in [1.165, 1.54) is 4.31 Å². The van der Waals surface area contributed by atoms with E-state index in [0.717, 1.165) is 17.0 Å². The number of sulfonamides is 1. The molecule has 0 amide bonds. The van der Waals surface area contributed by atoms with E-state index in [1.807, 2.05) is 26.8 Å². The predicted molar refractivity (Wildman–Crippen MR) is 103 cm³/mol. The molecule has 3 rings (SSSR count). The summed E-state index contributed by atoms with van der Waals surface area (Å²) in [6.07, 6.45) is 0. The van der Waals surface area contributed by atoms with Gasteiger partial charge in [0.05, 0.1) is 23.8 Å². The number of hydrogen-bond donors (Lipinski definition) is 1. The van der Waals surface area contributed by atoms with Crippen molar-refractivity contribution in [1.82, 2.24) is 14.3 Å². The van der Waals surface area contributed by atoms with Gasteiger partial charge in [-0.2, -0.15) is 9.41 Å². The minimum atomic E-state index is -3.49. The van der Waals surface area contributed by atoms with Crippen molar-refractivity contribution in [3.05, 3.63) is 47.3 Å². The number of aromatic nitrogens is 2. The molecule has 1 N–H and O–H groups in total. The Kier molecular flexibility index (Phi) is 5.83. The monoisotopic (exact) mass is 389 g/mol. The minimum absolute atomic E-state index is 0.270. The number of hydrogen-bond acceptors (Lipinski definition) is 7. The highest BCUT2D eigenvalue weighted by Crippen LogP contribution is 2.18. The van der Waals surface area contributed by atoms with Gasteiger partial charge < -0.3 is 4.74 Å². The highest BCUT2D eigenvalue weighted by Gasteiger charge is 2.26. The van der Waals surface area contributed by atoms with Crippen molar-refractivity contribution < 1.29 is 13.2 Å². The number of aryl methyl sites for hydroxylation is 2. The third-order valence-electron chi connectivity index (χ3n) is 4.19. The molecule has 1 saturated heterocycles. The van der Waals surface area contributed by atoms with Crippen molar-refractivity contribution in [2.24, 2.45) is 5.10 Å². The molecule has 2 aromatic rings. The lowest BCUT2D eigenvalue weighted by Gasteiger charge is -2.26. The van der Waals surface area contributed by atoms with Gasteiger partial charge in [-0.25, -0.2) is 23.8 Å². The maximum atomic E-state index is 12.7. The van der Waals surface area contributed by atoms with Crippen molar-refractivity contribution in [2.75, 3.05) is 31.7 Å². The molecule has 0 spiro atoms. The molecule has 1 aliphatic rings. The van der Waals surface area contributed by atoms with Gasteiger partial charge in [-0.3, -0.25) is 0 Å². The molecule has 1 aromatic heterocycles. The van der Waals surface area contributed by atoms with Crippen LogP contribution in [0.5, 0.6) is 0 Å². The fourth-order valence-corrected chi connectivity index (χ4v) is 4.19. The Labute approximate surface area is 159 Å². The van der Waals surface area contributed by atoms with E-state index in [1.54, 1.807) is 24.3 Å². The standard InChI is InChI=1S/C18H23N5O3S/c1-13-12-14(2)20-18(19-13)22-21-15(3)16-4-6-17(7-5-16)27(24,25)23-8-10-26-11-9-23/h4-7,12H,8-11H2,1-3H3,(H,19,20,22)/b21-15+. The first-order valence-corrected chi connectivity index (χ1v) is 10.1. The molecule has 0 aliphatic carbocycles. The van der Waals surface area contributed by atoms with Gasteiger partial charge in [0.25, 0.3) is 0 Å². The summed E-state index contributed by atoms with van der Waals surface area (Å²) in [4.78, 5) is 8.82. The number of anilines is 1. The van der Waals surface area contributed by atoms with Gasteiger partial charge in [0.15, 0.2) is 0 Å². The van der Waals surface area contributed by atoms with Crippen LogP contribution in [-0.4, -0.2) is 54.7 Å². The molecule has 8 nitrogen and oxygen atoms in total. The Bertz CT molecular complexity index is 916. The molecule has 0 bridgehead atoms. The number of nitrogens with one attached hydrogen (secondary N) is 1. The van der Waals surface area contributed by atoms with E-state index in [9.17, 15) is 8.42 Å². The summed E-state index contributed by atoms with van der Waals surface area (Å²) >= 11 is 0. The van der Waals surface area contributed by atoms with E-state index < -0.39 is 10.0 Å². The lowest BCUT2D eigenvalue weighted by molar-refractivity contribution is 0.0730. The Morgan fingerprint density at radius 3 is 2.30 bits per heavy atom. The summed E-state index contributed by atoms with van der Waals surface area (Å²) in [5.74, 6) is 0.429. The Morgan fingerprint density at radius 1 is 1.11 bits per heavy atom. The van der Waals surface area contributed by atoms with Gasteiger partial charge in [-0.15, -0.1) is 0 Å². The average molecular weight is 389 g/mol. The second kappa shape index (κ2) is 8.12. The molecular weight excluding hydrogens is 366 g/mol. The molecule has 0 unspecified atom stereocenters. The normalized spacial score (nSPS) is 16.3. The minimum Gasteiger partial charge on any atom is -0.379 e. The van der Waals surface area contributed by atoms with E-state index in [0.29, 0.717) is 38.0 Å². The lowest BCUT2D eigenvalue weighted by atomic mass is 10.1. The van der Waals surface area contributed by atoms with Crippen molar-refractivity contribution >= 4 is 21.7 Å². The van der Waals surface area contributed by atoms with E-state index >= 15 is 0 Å². The van der Waals surface area contributed by atoms with E-state index in [-0.39, 0.29) is 4.90 Å². The van der Waals surface area contributed by atoms with Gasteiger partial charge in [0.2, 0.25) is 16.0 Å². The maximum absolute atomic E-state index is 12.7. The van der Waals surface area contributed by atoms with Crippen LogP contribution in [0.25, 0.3) is 0 Å². The molecule has 1 aliphatic heterocycles. The summed E-state index contributed by atoms with van der Waals surface area (Å²) in [5, 5.41) is 4.29. The maximum Gasteiger partial charge on any atom is 0.243 e. The predicted octanol–water partition coefficient (Wildman–Crippen LogP) is 1.95. The van der Waals surface area contributed by atoms with Crippen LogP contribution >= 0.6 is 0 Å². The fourth-order valence-electron chi connectivity index (χ4n) is 2.78. The Balaban J connectivity index is 1.74. The molecule has 0 saturated carbocycles. The molecule has 9 heteroatoms. The van der Waals surface area contributed by atoms with Gasteiger partial charge in [0.1, 0.15) is 0 Å². The van der Waals surface area contributed by atoms with Gasteiger partial charge in [-0.05, 0) is 44.5 Å². The number of nitrogens with zero attached hydrogens (tertiary/aromatic N) is 4. The van der Waals surface area contributed by atoms with Crippen LogP contribution < -0.4 is 5.43 Å². The van der Waals surface area contributed by atoms with Crippen LogP contribution in [0.3, 0.4) is 0 Å². The van der Waals surface area contributed by atoms with Crippen LogP contribution in [0.4, 0.5) is 5.95 Å². The molecule has 144 valence electrons. The smallest absolute Gasteiger partial charge is 0.243 e. The molecule has 1 aromatic carbocycles. The van der Waals surface area contributed by atoms with Crippen LogP contribution in [0.2, 0.25) is 0 Å². The van der Waals surface area contributed by atoms with Gasteiger partial charge in [-0.1, -0.05) is 12.1 Å². The molecule has 0 atom stereocenters. The summed E-state index contributed by atoms with van der Waals surface area (Å²) in [6, 6.07) is 8.58. The van der Waals surface area contributed by atoms with Crippen molar-refractivity contribution in [2.45, 2.75) is 25.7 Å². The number of rotatable bonds is 5. The molecule has 1 fully saturated rings. The highest BCUT2D eigenvalue weighted by molar-refractivity contribution is 7.89. The van der Waals surface area contributed by atoms with E-state index in [4.69, 9.17) is 4.74 Å². The molecule has 0 radical (unpaired) electrons. The van der Waals surface area contributed by atoms with Gasteiger partial charge in [0, 0.05) is 24.5 Å². The van der Waals surface area contributed by atoms with Crippen molar-refractivity contribution in [1.29, 1.82) is 0 Å². The van der Waals surface area contributed by atoms with Crippen molar-refractivity contribution in [3.63, 3.8) is 0 Å². The number of benzene rings is 1. The summed E-state index contributed by atoms with van der Waals surface area (Å²) in [7, 11) is -3.49. The Morgan fingerprint density at radius 2 is 1.70 bits per heavy atom. The first kappa shape index (κ1) is 19.4. The van der Waals surface area contributed by atoms with Crippen LogP contribution in [0.1, 0.15) is 23.9 Å². The zero-order valence-corrected chi connectivity index (χ0v) is 16.5. The summed E-state index contributed by atoms with van der Waals surface area (Å²) < 4.78 is 32.0. The summed E-state index contributed by atoms with van der Waals surface area (Å²) in [6.45, 7) is 7.23. The van der Waals surface area contributed by atoms with Gasteiger partial charge >= 0.3 is 0 Å². The molecule has 2 heterocycles. The zero-order valence-electron chi connectivity index (χ0n) is 15.6. The number of ether oxygens (including phenoxy) is 1. The quantitative estimate of drug-likeness (QED) is 0.620. The van der Waals surface area contributed by atoms with Crippen LogP contribution in [0.15, 0.2) is 40.3 Å². The second-order valence-electron chi connectivity index (χ2n) is 6.32. The molecule has 27 heavy (non-hydrogen) atoms. The highest BCUT2D eigenvalue weighted by atomic mass is 32.2. The van der Waals surface area contributed by atoms with Crippen molar-refractivity contribution in [3.8, 4) is 0 Å². The fraction of sp³-hybridized carbons (Fsp3) is 0.389. The Hall–Kier alpha value is -2.36. The van der Waals surface area contributed by atoms with E-state index in [2.05, 4.69) is 20.5 Å². The first-order chi connectivity index (χ1) is 12.9. The average Bonchev–Trinajstić information content (AvgIpc) is 2.66. The van der Waals surface area contributed by atoms with Crippen LogP contribution in [-0.2, 0) is 14.8 Å². The molecular formula is C18H23N5O3S. The number of morpholine rings is 1. The second-order valence-corrected chi connectivity index (χ2v) is 8.26. The number of hydrazone groups is 1.